The van der Waals surface area contributed by atoms with E-state index in [1.54, 1.807) is 10.5 Å². The van der Waals surface area contributed by atoms with Gasteiger partial charge < -0.3 is 5.11 Å². The van der Waals surface area contributed by atoms with Crippen LogP contribution in [-0.4, -0.2) is 25.4 Å². The molecule has 2 heterocycles. The van der Waals surface area contributed by atoms with Gasteiger partial charge in [-0.05, 0) is 12.5 Å². The minimum Gasteiger partial charge on any atom is -0.476 e. The van der Waals surface area contributed by atoms with Gasteiger partial charge in [-0.1, -0.05) is 18.5 Å². The topological polar surface area (TPSA) is 67.5 Å². The summed E-state index contributed by atoms with van der Waals surface area (Å²) >= 11 is 5.79. The van der Waals surface area contributed by atoms with Crippen LogP contribution < -0.4 is 0 Å². The minimum atomic E-state index is -1.10. The summed E-state index contributed by atoms with van der Waals surface area (Å²) in [6, 6.07) is 1.70. The summed E-state index contributed by atoms with van der Waals surface area (Å²) in [6.07, 6.45) is 2.18. The van der Waals surface area contributed by atoms with Gasteiger partial charge in [0.25, 0.3) is 0 Å². The number of carboxylic acid groups (broad SMARTS) is 1. The van der Waals surface area contributed by atoms with Crippen molar-refractivity contribution in [2.45, 2.75) is 13.3 Å². The Morgan fingerprint density at radius 1 is 1.67 bits per heavy atom. The number of rotatable bonds is 2. The Bertz CT molecular complexity index is 535. The van der Waals surface area contributed by atoms with Gasteiger partial charge in [-0.2, -0.15) is 0 Å². The summed E-state index contributed by atoms with van der Waals surface area (Å²) in [5.41, 5.74) is 1.09. The number of hydrogen-bond acceptors (Lipinski definition) is 3. The molecule has 78 valence electrons. The predicted molar refractivity (Wildman–Crippen MR) is 54.3 cm³/mol. The van der Waals surface area contributed by atoms with Crippen LogP contribution >= 0.6 is 11.6 Å². The van der Waals surface area contributed by atoms with Crippen molar-refractivity contribution >= 4 is 23.2 Å². The van der Waals surface area contributed by atoms with Crippen molar-refractivity contribution in [3.05, 3.63) is 28.9 Å². The van der Waals surface area contributed by atoms with E-state index in [1.165, 1.54) is 6.33 Å². The third kappa shape index (κ3) is 1.55. The first-order valence-electron chi connectivity index (χ1n) is 4.39. The van der Waals surface area contributed by atoms with Crippen LogP contribution in [0.1, 0.15) is 23.1 Å². The van der Waals surface area contributed by atoms with E-state index in [0.717, 1.165) is 12.1 Å². The standard InChI is InChI=1S/C9H8ClN3O2/c1-2-5-3-6(10)12-8-7(9(14)15)11-4-13(5)8/h3-4H,2H2,1H3,(H,14,15). The number of fused-ring (bicyclic) bond motifs is 1. The Hall–Kier alpha value is -1.62. The number of carbonyl (C=O) groups is 1. The van der Waals surface area contributed by atoms with Crippen LogP contribution in [0.5, 0.6) is 0 Å². The van der Waals surface area contributed by atoms with Gasteiger partial charge in [0.15, 0.2) is 11.3 Å². The van der Waals surface area contributed by atoms with Crippen molar-refractivity contribution in [2.24, 2.45) is 0 Å². The van der Waals surface area contributed by atoms with Crippen molar-refractivity contribution < 1.29 is 9.90 Å². The van der Waals surface area contributed by atoms with Crippen LogP contribution in [-0.2, 0) is 6.42 Å². The number of aromatic nitrogens is 3. The summed E-state index contributed by atoms with van der Waals surface area (Å²) in [5.74, 6) is -1.10. The van der Waals surface area contributed by atoms with E-state index in [1.807, 2.05) is 6.92 Å². The number of imidazole rings is 1. The average Bonchev–Trinajstić information content (AvgIpc) is 2.59. The lowest BCUT2D eigenvalue weighted by molar-refractivity contribution is 0.0693. The normalized spacial score (nSPS) is 10.8. The molecule has 2 rings (SSSR count). The molecule has 5 nitrogen and oxygen atoms in total. The average molecular weight is 226 g/mol. The highest BCUT2D eigenvalue weighted by Crippen LogP contribution is 2.15. The van der Waals surface area contributed by atoms with Gasteiger partial charge in [-0.3, -0.25) is 4.40 Å². The molecule has 1 N–H and O–H groups in total. The molecule has 0 unspecified atom stereocenters. The lowest BCUT2D eigenvalue weighted by Gasteiger charge is -2.02. The molecule has 15 heavy (non-hydrogen) atoms. The first-order chi connectivity index (χ1) is 7.13. The van der Waals surface area contributed by atoms with Gasteiger partial charge in [0.2, 0.25) is 0 Å². The third-order valence-corrected chi connectivity index (χ3v) is 2.31. The number of hydrogen-bond donors (Lipinski definition) is 1. The van der Waals surface area contributed by atoms with Crippen LogP contribution in [0, 0.1) is 0 Å². The molecule has 0 fully saturated rings. The minimum absolute atomic E-state index is 0.0767. The number of halogens is 1. The van der Waals surface area contributed by atoms with Gasteiger partial charge in [0, 0.05) is 5.69 Å². The molecule has 0 saturated carbocycles. The van der Waals surface area contributed by atoms with Gasteiger partial charge in [0.1, 0.15) is 11.5 Å². The Kier molecular flexibility index (Phi) is 2.32. The highest BCUT2D eigenvalue weighted by molar-refractivity contribution is 6.29. The molecule has 0 aliphatic carbocycles. The summed E-state index contributed by atoms with van der Waals surface area (Å²) in [6.45, 7) is 1.95. The van der Waals surface area contributed by atoms with E-state index in [-0.39, 0.29) is 16.5 Å². The fourth-order valence-corrected chi connectivity index (χ4v) is 1.63. The van der Waals surface area contributed by atoms with E-state index in [4.69, 9.17) is 16.7 Å². The third-order valence-electron chi connectivity index (χ3n) is 2.11. The highest BCUT2D eigenvalue weighted by Gasteiger charge is 2.15. The number of nitrogens with zero attached hydrogens (tertiary/aromatic N) is 3. The molecule has 0 aliphatic heterocycles. The van der Waals surface area contributed by atoms with Crippen LogP contribution in [0.3, 0.4) is 0 Å². The van der Waals surface area contributed by atoms with Crippen molar-refractivity contribution in [3.63, 3.8) is 0 Å². The maximum absolute atomic E-state index is 10.8. The summed E-state index contributed by atoms with van der Waals surface area (Å²) in [5, 5.41) is 9.15. The molecule has 0 saturated heterocycles. The summed E-state index contributed by atoms with van der Waals surface area (Å²) < 4.78 is 1.63. The maximum atomic E-state index is 10.8. The molecule has 0 amide bonds. The Labute approximate surface area is 90.3 Å². The zero-order valence-corrected chi connectivity index (χ0v) is 8.69. The van der Waals surface area contributed by atoms with Crippen molar-refractivity contribution in [1.29, 1.82) is 0 Å². The molecule has 6 heteroatoms. The molecule has 2 aromatic rings. The largest absolute Gasteiger partial charge is 0.476 e. The molecule has 0 aromatic carbocycles. The molecule has 0 radical (unpaired) electrons. The Morgan fingerprint density at radius 2 is 2.40 bits per heavy atom. The van der Waals surface area contributed by atoms with E-state index < -0.39 is 5.97 Å². The van der Waals surface area contributed by atoms with Gasteiger partial charge in [-0.15, -0.1) is 0 Å². The van der Waals surface area contributed by atoms with E-state index in [0.29, 0.717) is 0 Å². The molecule has 0 atom stereocenters. The summed E-state index contributed by atoms with van der Waals surface area (Å²) in [4.78, 5) is 18.6. The van der Waals surface area contributed by atoms with E-state index in [2.05, 4.69) is 9.97 Å². The van der Waals surface area contributed by atoms with Crippen molar-refractivity contribution in [1.82, 2.24) is 14.4 Å². The van der Waals surface area contributed by atoms with Crippen molar-refractivity contribution in [3.8, 4) is 0 Å². The molecular weight excluding hydrogens is 218 g/mol. The number of aryl methyl sites for hydroxylation is 1. The first kappa shape index (κ1) is 9.92. The fraction of sp³-hybridized carbons (Fsp3) is 0.222. The molecule has 2 aromatic heterocycles. The predicted octanol–water partition coefficient (Wildman–Crippen LogP) is 1.64. The molecule has 0 bridgehead atoms. The SMILES string of the molecule is CCc1cc(Cl)nc2c(C(=O)O)ncn12. The number of aromatic carboxylic acids is 1. The first-order valence-corrected chi connectivity index (χ1v) is 4.77. The quantitative estimate of drug-likeness (QED) is 0.789. The zero-order valence-electron chi connectivity index (χ0n) is 7.94. The second kappa shape index (κ2) is 3.51. The zero-order chi connectivity index (χ0) is 11.0. The Balaban J connectivity index is 2.80. The second-order valence-electron chi connectivity index (χ2n) is 3.02. The smallest absolute Gasteiger partial charge is 0.358 e. The molecular formula is C9H8ClN3O2. The highest BCUT2D eigenvalue weighted by atomic mass is 35.5. The lowest BCUT2D eigenvalue weighted by Crippen LogP contribution is -2.01. The monoisotopic (exact) mass is 225 g/mol. The van der Waals surface area contributed by atoms with Crippen LogP contribution in [0.25, 0.3) is 5.65 Å². The second-order valence-corrected chi connectivity index (χ2v) is 3.40. The van der Waals surface area contributed by atoms with Gasteiger partial charge in [-0.25, -0.2) is 14.8 Å². The van der Waals surface area contributed by atoms with Gasteiger partial charge in [0.05, 0.1) is 0 Å². The van der Waals surface area contributed by atoms with Crippen LogP contribution in [0.15, 0.2) is 12.4 Å². The van der Waals surface area contributed by atoms with Crippen molar-refractivity contribution in [2.75, 3.05) is 0 Å². The summed E-state index contributed by atoms with van der Waals surface area (Å²) in [7, 11) is 0. The maximum Gasteiger partial charge on any atom is 0.358 e. The van der Waals surface area contributed by atoms with Gasteiger partial charge >= 0.3 is 5.97 Å². The molecule has 0 aliphatic rings. The fourth-order valence-electron chi connectivity index (χ4n) is 1.42. The molecule has 0 spiro atoms. The van der Waals surface area contributed by atoms with Crippen LogP contribution in [0.2, 0.25) is 5.15 Å². The number of carboxylic acids is 1. The van der Waals surface area contributed by atoms with E-state index >= 15 is 0 Å². The van der Waals surface area contributed by atoms with Crippen LogP contribution in [0.4, 0.5) is 0 Å². The Morgan fingerprint density at radius 3 is 3.00 bits per heavy atom. The lowest BCUT2D eigenvalue weighted by atomic mass is 10.3. The van der Waals surface area contributed by atoms with E-state index in [9.17, 15) is 4.79 Å².